The molecule has 1 aliphatic carbocycles. The van der Waals surface area contributed by atoms with E-state index in [1.165, 1.54) is 24.2 Å². The van der Waals surface area contributed by atoms with Crippen molar-refractivity contribution in [2.75, 3.05) is 20.1 Å². The highest BCUT2D eigenvalue weighted by molar-refractivity contribution is 7.89. The van der Waals surface area contributed by atoms with E-state index in [0.717, 1.165) is 65.2 Å². The van der Waals surface area contributed by atoms with Crippen LogP contribution in [0.1, 0.15) is 73.9 Å². The van der Waals surface area contributed by atoms with E-state index < -0.39 is 26.7 Å². The van der Waals surface area contributed by atoms with E-state index in [0.29, 0.717) is 23.6 Å². The van der Waals surface area contributed by atoms with Gasteiger partial charge in [-0.1, -0.05) is 62.7 Å². The number of hydrogen-bond donors (Lipinski definition) is 1. The molecule has 3 aromatic rings. The zero-order valence-corrected chi connectivity index (χ0v) is 27.9. The van der Waals surface area contributed by atoms with Gasteiger partial charge in [-0.3, -0.25) is 0 Å². The molecule has 44 heavy (non-hydrogen) atoms. The van der Waals surface area contributed by atoms with Crippen molar-refractivity contribution in [3.05, 3.63) is 88.0 Å². The fourth-order valence-electron chi connectivity index (χ4n) is 6.57. The van der Waals surface area contributed by atoms with Crippen molar-refractivity contribution in [1.82, 2.24) is 9.62 Å². The first-order chi connectivity index (χ1) is 20.5. The monoisotopic (exact) mass is 628 g/mol. The molecule has 1 atom stereocenters. The van der Waals surface area contributed by atoms with Gasteiger partial charge in [0.05, 0.1) is 10.5 Å². The Morgan fingerprint density at radius 2 is 1.59 bits per heavy atom. The molecule has 0 aromatic heterocycles. The standard InChI is InChI=1S/C36H47F3N2O2S/c1-8-11-30-16-25(3)26(4)17-32(30)31-14-15-34(33(20-31)36(37,38)39)44(42,43)41(7)23-24(2)22-40-35(5,6)21-27-18-28-12-9-10-13-29(28)19-27/h9-10,12-17,20,24,27,40H,8,11,18-19,21-23H2,1-7H3. The van der Waals surface area contributed by atoms with Crippen LogP contribution in [-0.4, -0.2) is 38.4 Å². The molecule has 0 amide bonds. The second-order valence-corrected chi connectivity index (χ2v) is 15.5. The average Bonchev–Trinajstić information content (AvgIpc) is 3.34. The Morgan fingerprint density at radius 1 is 0.977 bits per heavy atom. The maximum absolute atomic E-state index is 14.4. The predicted molar refractivity (Wildman–Crippen MR) is 173 cm³/mol. The fraction of sp³-hybridized carbons (Fsp3) is 0.500. The minimum atomic E-state index is -4.83. The molecule has 0 spiro atoms. The number of benzene rings is 3. The molecule has 240 valence electrons. The quantitative estimate of drug-likeness (QED) is 0.219. The van der Waals surface area contributed by atoms with Crippen molar-refractivity contribution >= 4 is 10.0 Å². The van der Waals surface area contributed by atoms with E-state index in [1.54, 1.807) is 0 Å². The van der Waals surface area contributed by atoms with Crippen LogP contribution in [0.5, 0.6) is 0 Å². The van der Waals surface area contributed by atoms with Gasteiger partial charge in [0.1, 0.15) is 0 Å². The minimum Gasteiger partial charge on any atom is -0.311 e. The maximum Gasteiger partial charge on any atom is 0.417 e. The summed E-state index contributed by atoms with van der Waals surface area (Å²) in [5, 5.41) is 3.59. The highest BCUT2D eigenvalue weighted by Crippen LogP contribution is 2.39. The molecular formula is C36H47F3N2O2S. The van der Waals surface area contributed by atoms with Crippen LogP contribution in [0.3, 0.4) is 0 Å². The lowest BCUT2D eigenvalue weighted by Gasteiger charge is -2.32. The van der Waals surface area contributed by atoms with E-state index in [1.807, 2.05) is 39.8 Å². The molecule has 4 rings (SSSR count). The molecule has 1 aliphatic rings. The van der Waals surface area contributed by atoms with Crippen molar-refractivity contribution in [3.8, 4) is 11.1 Å². The highest BCUT2D eigenvalue weighted by atomic mass is 32.2. The van der Waals surface area contributed by atoms with E-state index >= 15 is 0 Å². The third-order valence-electron chi connectivity index (χ3n) is 8.96. The number of aryl methyl sites for hydroxylation is 3. The van der Waals surface area contributed by atoms with Gasteiger partial charge in [0.15, 0.2) is 0 Å². The second kappa shape index (κ2) is 13.4. The zero-order chi connectivity index (χ0) is 32.4. The van der Waals surface area contributed by atoms with Gasteiger partial charge in [-0.15, -0.1) is 0 Å². The third kappa shape index (κ3) is 7.93. The summed E-state index contributed by atoms with van der Waals surface area (Å²) in [4.78, 5) is -0.710. The van der Waals surface area contributed by atoms with Crippen LogP contribution in [-0.2, 0) is 35.5 Å². The molecule has 0 saturated heterocycles. The molecule has 8 heteroatoms. The van der Waals surface area contributed by atoms with Crippen molar-refractivity contribution in [2.45, 2.75) is 90.3 Å². The van der Waals surface area contributed by atoms with Gasteiger partial charge in [0, 0.05) is 19.1 Å². The van der Waals surface area contributed by atoms with Crippen molar-refractivity contribution in [2.24, 2.45) is 11.8 Å². The number of sulfonamides is 1. The van der Waals surface area contributed by atoms with Crippen LogP contribution in [0.25, 0.3) is 11.1 Å². The Morgan fingerprint density at radius 3 is 2.18 bits per heavy atom. The first-order valence-electron chi connectivity index (χ1n) is 15.6. The molecule has 0 aliphatic heterocycles. The number of hydrogen-bond acceptors (Lipinski definition) is 3. The minimum absolute atomic E-state index is 0.0944. The number of rotatable bonds is 12. The lowest BCUT2D eigenvalue weighted by molar-refractivity contribution is -0.139. The summed E-state index contributed by atoms with van der Waals surface area (Å²) < 4.78 is 71.5. The summed E-state index contributed by atoms with van der Waals surface area (Å²) >= 11 is 0. The summed E-state index contributed by atoms with van der Waals surface area (Å²) in [6.07, 6.45) is -0.177. The van der Waals surface area contributed by atoms with Crippen molar-refractivity contribution in [3.63, 3.8) is 0 Å². The molecule has 1 N–H and O–H groups in total. The fourth-order valence-corrected chi connectivity index (χ4v) is 8.05. The van der Waals surface area contributed by atoms with Gasteiger partial charge >= 0.3 is 6.18 Å². The van der Waals surface area contributed by atoms with Crippen LogP contribution in [0.2, 0.25) is 0 Å². The van der Waals surface area contributed by atoms with Gasteiger partial charge in [-0.05, 0) is 123 Å². The van der Waals surface area contributed by atoms with Crippen LogP contribution < -0.4 is 5.32 Å². The Balaban J connectivity index is 1.48. The summed E-state index contributed by atoms with van der Waals surface area (Å²) in [5.41, 5.74) is 5.62. The molecule has 4 nitrogen and oxygen atoms in total. The van der Waals surface area contributed by atoms with Gasteiger partial charge in [0.2, 0.25) is 10.0 Å². The Hall–Kier alpha value is -2.68. The topological polar surface area (TPSA) is 49.4 Å². The van der Waals surface area contributed by atoms with E-state index in [9.17, 15) is 21.6 Å². The molecule has 0 radical (unpaired) electrons. The SMILES string of the molecule is CCCc1cc(C)c(C)cc1-c1ccc(S(=O)(=O)N(C)CC(C)CNC(C)(C)CC2Cc3ccccc3C2)c(C(F)(F)F)c1. The number of fused-ring (bicyclic) bond motifs is 1. The molecule has 0 saturated carbocycles. The lowest BCUT2D eigenvalue weighted by Crippen LogP contribution is -2.45. The van der Waals surface area contributed by atoms with Gasteiger partial charge in [-0.2, -0.15) is 13.2 Å². The normalized spacial score (nSPS) is 15.2. The number of nitrogens with zero attached hydrogens (tertiary/aromatic N) is 1. The van der Waals surface area contributed by atoms with E-state index in [2.05, 4.69) is 43.4 Å². The molecule has 0 heterocycles. The Bertz CT molecular complexity index is 1560. The highest BCUT2D eigenvalue weighted by Gasteiger charge is 2.39. The number of halogens is 3. The van der Waals surface area contributed by atoms with Gasteiger partial charge in [-0.25, -0.2) is 12.7 Å². The molecule has 0 fully saturated rings. The van der Waals surface area contributed by atoms with Crippen LogP contribution in [0, 0.1) is 25.7 Å². The Kier molecular flexibility index (Phi) is 10.4. The van der Waals surface area contributed by atoms with E-state index in [4.69, 9.17) is 0 Å². The molecule has 3 aromatic carbocycles. The zero-order valence-electron chi connectivity index (χ0n) is 27.1. The number of alkyl halides is 3. The molecule has 1 unspecified atom stereocenters. The summed E-state index contributed by atoms with van der Waals surface area (Å²) in [6.45, 7) is 12.8. The molecule has 0 bridgehead atoms. The average molecular weight is 629 g/mol. The van der Waals surface area contributed by atoms with Crippen molar-refractivity contribution < 1.29 is 21.6 Å². The van der Waals surface area contributed by atoms with Crippen molar-refractivity contribution in [1.29, 1.82) is 0 Å². The first kappa shape index (κ1) is 34.2. The largest absolute Gasteiger partial charge is 0.417 e. The summed E-state index contributed by atoms with van der Waals surface area (Å²) in [7, 11) is -3.03. The predicted octanol–water partition coefficient (Wildman–Crippen LogP) is 8.37. The van der Waals surface area contributed by atoms with E-state index in [-0.39, 0.29) is 18.0 Å². The first-order valence-corrected chi connectivity index (χ1v) is 17.1. The Labute approximate surface area is 262 Å². The molecular weight excluding hydrogens is 581 g/mol. The van der Waals surface area contributed by atoms with Crippen LogP contribution in [0.15, 0.2) is 59.5 Å². The lowest BCUT2D eigenvalue weighted by atomic mass is 9.88. The smallest absolute Gasteiger partial charge is 0.311 e. The third-order valence-corrected chi connectivity index (χ3v) is 10.8. The maximum atomic E-state index is 14.4. The summed E-state index contributed by atoms with van der Waals surface area (Å²) in [6, 6.07) is 16.1. The summed E-state index contributed by atoms with van der Waals surface area (Å²) in [5.74, 6) is 0.425. The van der Waals surface area contributed by atoms with Crippen LogP contribution in [0.4, 0.5) is 13.2 Å². The van der Waals surface area contributed by atoms with Crippen LogP contribution >= 0.6 is 0 Å². The van der Waals surface area contributed by atoms with Gasteiger partial charge in [0.25, 0.3) is 0 Å². The van der Waals surface area contributed by atoms with Gasteiger partial charge < -0.3 is 5.32 Å². The second-order valence-electron chi connectivity index (χ2n) is 13.5. The number of nitrogens with one attached hydrogen (secondary N) is 1.